The lowest BCUT2D eigenvalue weighted by Crippen LogP contribution is -2.50. The van der Waals surface area contributed by atoms with Crippen molar-refractivity contribution in [3.8, 4) is 0 Å². The van der Waals surface area contributed by atoms with E-state index in [0.717, 1.165) is 47.7 Å². The molecule has 1 aliphatic rings. The summed E-state index contributed by atoms with van der Waals surface area (Å²) in [7, 11) is 4.71. The third-order valence-corrected chi connectivity index (χ3v) is 5.05. The summed E-state index contributed by atoms with van der Waals surface area (Å²) in [6, 6.07) is 2.41. The number of nitrogens with zero attached hydrogens (tertiary/aromatic N) is 3. The summed E-state index contributed by atoms with van der Waals surface area (Å²) in [5.74, 6) is 0.962. The molecule has 1 saturated heterocycles. The number of hydrogen-bond acceptors (Lipinski definition) is 4. The third-order valence-electron chi connectivity index (χ3n) is 4.63. The summed E-state index contributed by atoms with van der Waals surface area (Å²) < 4.78 is 2.02. The zero-order valence-electron chi connectivity index (χ0n) is 13.6. The number of pyridine rings is 2. The van der Waals surface area contributed by atoms with Crippen molar-refractivity contribution in [3.05, 3.63) is 27.5 Å². The molecule has 3 rings (SSSR count). The van der Waals surface area contributed by atoms with Gasteiger partial charge in [-0.05, 0) is 26.8 Å². The SMILES string of the molecule is Cc1c(C)n(C)c2nc(N3CCNC(C)C3)c(P)cc2c1=O. The Morgan fingerprint density at radius 3 is 2.82 bits per heavy atom. The standard InChI is InChI=1S/C16H23N4OP/c1-9-8-20(6-5-17-9)16-13(22)7-12-14(21)10(2)11(3)19(4)15(12)18-16/h7,9,17H,5-6,8,22H2,1-4H3. The molecule has 1 N–H and O–H groups in total. The Balaban J connectivity index is 2.22. The number of rotatable bonds is 1. The van der Waals surface area contributed by atoms with Gasteiger partial charge in [-0.15, -0.1) is 9.24 Å². The van der Waals surface area contributed by atoms with Crippen molar-refractivity contribution in [2.45, 2.75) is 26.8 Å². The molecule has 118 valence electrons. The highest BCUT2D eigenvalue weighted by molar-refractivity contribution is 7.28. The Morgan fingerprint density at radius 2 is 2.14 bits per heavy atom. The van der Waals surface area contributed by atoms with Gasteiger partial charge in [0, 0.05) is 49.3 Å². The van der Waals surface area contributed by atoms with E-state index < -0.39 is 0 Å². The van der Waals surface area contributed by atoms with Crippen molar-refractivity contribution in [1.29, 1.82) is 0 Å². The highest BCUT2D eigenvalue weighted by Crippen LogP contribution is 2.19. The van der Waals surface area contributed by atoms with Crippen molar-refractivity contribution in [3.63, 3.8) is 0 Å². The normalized spacial score (nSPS) is 19.0. The maximum atomic E-state index is 12.5. The van der Waals surface area contributed by atoms with Crippen LogP contribution in [0.2, 0.25) is 0 Å². The van der Waals surface area contributed by atoms with E-state index in [-0.39, 0.29) is 5.43 Å². The van der Waals surface area contributed by atoms with E-state index in [1.165, 1.54) is 0 Å². The Morgan fingerprint density at radius 1 is 1.41 bits per heavy atom. The molecule has 0 amide bonds. The smallest absolute Gasteiger partial charge is 0.194 e. The highest BCUT2D eigenvalue weighted by Gasteiger charge is 2.20. The van der Waals surface area contributed by atoms with Crippen LogP contribution in [0.25, 0.3) is 11.0 Å². The molecule has 2 atom stereocenters. The minimum atomic E-state index is 0.0852. The largest absolute Gasteiger partial charge is 0.353 e. The number of aromatic nitrogens is 2. The van der Waals surface area contributed by atoms with Crippen molar-refractivity contribution in [2.75, 3.05) is 24.5 Å². The number of aryl methyl sites for hydroxylation is 1. The van der Waals surface area contributed by atoms with Crippen LogP contribution in [0.15, 0.2) is 10.9 Å². The van der Waals surface area contributed by atoms with Crippen LogP contribution >= 0.6 is 9.24 Å². The fourth-order valence-corrected chi connectivity index (χ4v) is 3.50. The molecule has 0 spiro atoms. The number of piperazine rings is 1. The van der Waals surface area contributed by atoms with Crippen LogP contribution in [0.1, 0.15) is 18.2 Å². The Hall–Kier alpha value is -1.45. The summed E-state index contributed by atoms with van der Waals surface area (Å²) >= 11 is 0. The molecular weight excluding hydrogens is 295 g/mol. The Kier molecular flexibility index (Phi) is 3.96. The van der Waals surface area contributed by atoms with Crippen LogP contribution in [-0.4, -0.2) is 35.2 Å². The van der Waals surface area contributed by atoms with Crippen molar-refractivity contribution < 1.29 is 0 Å². The van der Waals surface area contributed by atoms with Gasteiger partial charge < -0.3 is 14.8 Å². The van der Waals surface area contributed by atoms with Gasteiger partial charge in [-0.3, -0.25) is 4.79 Å². The number of hydrogen-bond donors (Lipinski definition) is 1. The van der Waals surface area contributed by atoms with Crippen LogP contribution in [0, 0.1) is 13.8 Å². The molecule has 3 heterocycles. The molecule has 2 unspecified atom stereocenters. The molecule has 2 aromatic heterocycles. The van der Waals surface area contributed by atoms with Crippen LogP contribution in [0.4, 0.5) is 5.82 Å². The second-order valence-electron chi connectivity index (χ2n) is 6.17. The van der Waals surface area contributed by atoms with Gasteiger partial charge in [0.1, 0.15) is 11.5 Å². The highest BCUT2D eigenvalue weighted by atomic mass is 31.0. The summed E-state index contributed by atoms with van der Waals surface area (Å²) in [6.45, 7) is 8.85. The van der Waals surface area contributed by atoms with Gasteiger partial charge >= 0.3 is 0 Å². The molecule has 5 nitrogen and oxygen atoms in total. The minimum absolute atomic E-state index is 0.0852. The van der Waals surface area contributed by atoms with E-state index in [4.69, 9.17) is 4.98 Å². The van der Waals surface area contributed by atoms with Crippen molar-refractivity contribution in [1.82, 2.24) is 14.9 Å². The monoisotopic (exact) mass is 318 g/mol. The minimum Gasteiger partial charge on any atom is -0.353 e. The molecule has 0 aliphatic carbocycles. The fraction of sp³-hybridized carbons (Fsp3) is 0.500. The molecule has 0 saturated carbocycles. The lowest BCUT2D eigenvalue weighted by molar-refractivity contribution is 0.483. The second-order valence-corrected chi connectivity index (χ2v) is 6.79. The van der Waals surface area contributed by atoms with Gasteiger partial charge in [-0.25, -0.2) is 4.98 Å². The first-order valence-corrected chi connectivity index (χ1v) is 8.22. The van der Waals surface area contributed by atoms with Crippen LogP contribution in [0.5, 0.6) is 0 Å². The number of anilines is 1. The predicted molar refractivity (Wildman–Crippen MR) is 95.5 cm³/mol. The lowest BCUT2D eigenvalue weighted by atomic mass is 10.1. The van der Waals surface area contributed by atoms with E-state index in [1.54, 1.807) is 0 Å². The van der Waals surface area contributed by atoms with Gasteiger partial charge in [0.15, 0.2) is 5.43 Å². The van der Waals surface area contributed by atoms with E-state index in [2.05, 4.69) is 26.4 Å². The quantitative estimate of drug-likeness (QED) is 0.792. The van der Waals surface area contributed by atoms with Crippen LogP contribution in [0.3, 0.4) is 0 Å². The summed E-state index contributed by atoms with van der Waals surface area (Å²) in [5.41, 5.74) is 2.62. The van der Waals surface area contributed by atoms with Crippen molar-refractivity contribution >= 4 is 31.4 Å². The van der Waals surface area contributed by atoms with Crippen molar-refractivity contribution in [2.24, 2.45) is 7.05 Å². The molecule has 0 radical (unpaired) electrons. The molecule has 6 heteroatoms. The van der Waals surface area contributed by atoms with E-state index >= 15 is 0 Å². The van der Waals surface area contributed by atoms with Gasteiger partial charge in [0.25, 0.3) is 0 Å². The fourth-order valence-electron chi connectivity index (χ4n) is 3.09. The lowest BCUT2D eigenvalue weighted by Gasteiger charge is -2.33. The van der Waals surface area contributed by atoms with Crippen LogP contribution in [-0.2, 0) is 7.05 Å². The van der Waals surface area contributed by atoms with E-state index in [1.807, 2.05) is 31.5 Å². The first-order valence-electron chi connectivity index (χ1n) is 7.65. The molecule has 2 aromatic rings. The topological polar surface area (TPSA) is 50.2 Å². The molecule has 22 heavy (non-hydrogen) atoms. The van der Waals surface area contributed by atoms with Gasteiger partial charge in [-0.2, -0.15) is 0 Å². The van der Waals surface area contributed by atoms with Gasteiger partial charge in [0.05, 0.1) is 5.39 Å². The zero-order valence-corrected chi connectivity index (χ0v) is 14.8. The maximum absolute atomic E-state index is 12.5. The molecule has 0 aromatic carbocycles. The predicted octanol–water partition coefficient (Wildman–Crippen LogP) is 0.849. The number of fused-ring (bicyclic) bond motifs is 1. The third kappa shape index (κ3) is 2.42. The zero-order chi connectivity index (χ0) is 16.0. The van der Waals surface area contributed by atoms with E-state index in [9.17, 15) is 4.79 Å². The molecular formula is C16H23N4OP. The first kappa shape index (κ1) is 15.4. The van der Waals surface area contributed by atoms with Crippen LogP contribution < -0.4 is 21.0 Å². The maximum Gasteiger partial charge on any atom is 0.194 e. The average Bonchev–Trinajstić information content (AvgIpc) is 2.50. The van der Waals surface area contributed by atoms with Gasteiger partial charge in [-0.1, -0.05) is 0 Å². The second kappa shape index (κ2) is 5.64. The summed E-state index contributed by atoms with van der Waals surface area (Å²) in [5, 5.41) is 5.13. The molecule has 1 aliphatic heterocycles. The average molecular weight is 318 g/mol. The molecule has 1 fully saturated rings. The summed E-state index contributed by atoms with van der Waals surface area (Å²) in [4.78, 5) is 19.6. The molecule has 0 bridgehead atoms. The Labute approximate surface area is 132 Å². The first-order chi connectivity index (χ1) is 10.4. The summed E-state index contributed by atoms with van der Waals surface area (Å²) in [6.07, 6.45) is 0. The Bertz CT molecular complexity index is 799. The van der Waals surface area contributed by atoms with Gasteiger partial charge in [0.2, 0.25) is 0 Å². The number of nitrogens with one attached hydrogen (secondary N) is 1. The van der Waals surface area contributed by atoms with E-state index in [0.29, 0.717) is 11.4 Å².